The summed E-state index contributed by atoms with van der Waals surface area (Å²) in [6.45, 7) is 0. The quantitative estimate of drug-likeness (QED) is 0.320. The Morgan fingerprint density at radius 2 is 1.79 bits per heavy atom. The molecule has 1 heterocycles. The van der Waals surface area contributed by atoms with Crippen LogP contribution in [0.5, 0.6) is 0 Å². The molecule has 0 aliphatic heterocycles. The van der Waals surface area contributed by atoms with E-state index in [4.69, 9.17) is 23.2 Å². The molecule has 2 amide bonds. The predicted molar refractivity (Wildman–Crippen MR) is 118 cm³/mol. The lowest BCUT2D eigenvalue weighted by Crippen LogP contribution is -2.32. The zero-order valence-electron chi connectivity index (χ0n) is 14.9. The van der Waals surface area contributed by atoms with Gasteiger partial charge in [-0.25, -0.2) is 5.43 Å². The van der Waals surface area contributed by atoms with Crippen LogP contribution < -0.4 is 10.7 Å². The summed E-state index contributed by atoms with van der Waals surface area (Å²) in [5.41, 5.74) is 3.50. The molecule has 3 aromatic rings. The molecule has 8 heteroatoms. The molecule has 2 aromatic carbocycles. The van der Waals surface area contributed by atoms with E-state index >= 15 is 0 Å². The van der Waals surface area contributed by atoms with Gasteiger partial charge >= 0.3 is 0 Å². The summed E-state index contributed by atoms with van der Waals surface area (Å²) in [6, 6.07) is 17.2. The smallest absolute Gasteiger partial charge is 0.287 e. The van der Waals surface area contributed by atoms with E-state index in [9.17, 15) is 9.59 Å². The van der Waals surface area contributed by atoms with Crippen molar-refractivity contribution in [2.45, 2.75) is 0 Å². The van der Waals surface area contributed by atoms with Crippen molar-refractivity contribution >= 4 is 58.6 Å². The molecule has 0 saturated carbocycles. The van der Waals surface area contributed by atoms with E-state index in [0.717, 1.165) is 4.88 Å². The number of amides is 2. The summed E-state index contributed by atoms with van der Waals surface area (Å²) in [5, 5.41) is 9.34. The number of nitrogens with zero attached hydrogens (tertiary/aromatic N) is 1. The van der Waals surface area contributed by atoms with E-state index in [1.54, 1.807) is 48.5 Å². The average Bonchev–Trinajstić information content (AvgIpc) is 3.23. The third-order valence-corrected chi connectivity index (χ3v) is 5.07. The van der Waals surface area contributed by atoms with Crippen LogP contribution in [0.3, 0.4) is 0 Å². The number of hydrogen-bond acceptors (Lipinski definition) is 4. The van der Waals surface area contributed by atoms with Gasteiger partial charge in [-0.2, -0.15) is 5.10 Å². The molecule has 0 aliphatic carbocycles. The maximum absolute atomic E-state index is 12.6. The van der Waals surface area contributed by atoms with Crippen LogP contribution in [0.25, 0.3) is 6.08 Å². The highest BCUT2D eigenvalue weighted by atomic mass is 35.5. The minimum Gasteiger partial charge on any atom is -0.317 e. The minimum atomic E-state index is -0.566. The molecule has 2 N–H and O–H groups in total. The molecule has 3 rings (SSSR count). The van der Waals surface area contributed by atoms with E-state index in [1.165, 1.54) is 17.6 Å². The fourth-order valence-electron chi connectivity index (χ4n) is 2.28. The van der Waals surface area contributed by atoms with Crippen molar-refractivity contribution < 1.29 is 9.59 Å². The SMILES string of the molecule is O=C(N/N=C\c1ccc(Cl)cc1Cl)/C(=C/c1cccs1)NC(=O)c1ccccc1. The molecule has 0 radical (unpaired) electrons. The molecule has 0 unspecified atom stereocenters. The van der Waals surface area contributed by atoms with Crippen LogP contribution in [0, 0.1) is 0 Å². The lowest BCUT2D eigenvalue weighted by atomic mass is 10.2. The molecule has 0 saturated heterocycles. The van der Waals surface area contributed by atoms with Crippen molar-refractivity contribution in [3.8, 4) is 0 Å². The molecule has 146 valence electrons. The number of halogens is 2. The third-order valence-electron chi connectivity index (χ3n) is 3.69. The van der Waals surface area contributed by atoms with Gasteiger partial charge in [0.05, 0.1) is 11.2 Å². The Hall–Kier alpha value is -2.93. The summed E-state index contributed by atoms with van der Waals surface area (Å²) < 4.78 is 0. The third kappa shape index (κ3) is 6.02. The van der Waals surface area contributed by atoms with E-state index in [1.807, 2.05) is 23.6 Å². The Bertz CT molecular complexity index is 1060. The van der Waals surface area contributed by atoms with Gasteiger partial charge in [-0.15, -0.1) is 11.3 Å². The molecule has 1 aromatic heterocycles. The van der Waals surface area contributed by atoms with Crippen molar-refractivity contribution in [3.63, 3.8) is 0 Å². The Labute approximate surface area is 181 Å². The largest absolute Gasteiger partial charge is 0.317 e. The fourth-order valence-corrected chi connectivity index (χ4v) is 3.40. The van der Waals surface area contributed by atoms with Crippen molar-refractivity contribution in [1.29, 1.82) is 0 Å². The van der Waals surface area contributed by atoms with Gasteiger partial charge in [-0.3, -0.25) is 9.59 Å². The van der Waals surface area contributed by atoms with Gasteiger partial charge in [0.1, 0.15) is 5.70 Å². The minimum absolute atomic E-state index is 0.0701. The molecule has 5 nitrogen and oxygen atoms in total. The highest BCUT2D eigenvalue weighted by molar-refractivity contribution is 7.10. The second-order valence-electron chi connectivity index (χ2n) is 5.76. The second kappa shape index (κ2) is 10.0. The molecular formula is C21H15Cl2N3O2S. The van der Waals surface area contributed by atoms with Crippen LogP contribution in [0.2, 0.25) is 10.0 Å². The van der Waals surface area contributed by atoms with Gasteiger partial charge in [0.2, 0.25) is 0 Å². The molecule has 29 heavy (non-hydrogen) atoms. The Morgan fingerprint density at radius 3 is 2.48 bits per heavy atom. The van der Waals surface area contributed by atoms with E-state index in [2.05, 4.69) is 15.8 Å². The van der Waals surface area contributed by atoms with Crippen LogP contribution in [0.15, 0.2) is 76.8 Å². The number of hydrazone groups is 1. The van der Waals surface area contributed by atoms with Gasteiger partial charge in [-0.1, -0.05) is 53.5 Å². The number of thiophene rings is 1. The molecule has 0 atom stereocenters. The number of nitrogens with one attached hydrogen (secondary N) is 2. The lowest BCUT2D eigenvalue weighted by molar-refractivity contribution is -0.117. The topological polar surface area (TPSA) is 70.6 Å². The first-order valence-corrected chi connectivity index (χ1v) is 10.1. The second-order valence-corrected chi connectivity index (χ2v) is 7.58. The number of benzene rings is 2. The van der Waals surface area contributed by atoms with Gasteiger partial charge in [-0.05, 0) is 41.8 Å². The van der Waals surface area contributed by atoms with E-state index in [0.29, 0.717) is 21.2 Å². The Kier molecular flexibility index (Phi) is 7.19. The number of rotatable bonds is 6. The number of carbonyl (C=O) groups is 2. The summed E-state index contributed by atoms with van der Waals surface area (Å²) in [4.78, 5) is 25.9. The molecule has 0 spiro atoms. The molecular weight excluding hydrogens is 429 g/mol. The van der Waals surface area contributed by atoms with Crippen LogP contribution in [0.4, 0.5) is 0 Å². The van der Waals surface area contributed by atoms with Gasteiger partial charge in [0.15, 0.2) is 0 Å². The number of carbonyl (C=O) groups excluding carboxylic acids is 2. The summed E-state index contributed by atoms with van der Waals surface area (Å²) in [6.07, 6.45) is 2.99. The van der Waals surface area contributed by atoms with Crippen LogP contribution >= 0.6 is 34.5 Å². The first-order valence-electron chi connectivity index (χ1n) is 8.43. The first kappa shape index (κ1) is 20.8. The molecule has 0 bridgehead atoms. The van der Waals surface area contributed by atoms with Gasteiger partial charge in [0.25, 0.3) is 11.8 Å². The highest BCUT2D eigenvalue weighted by Crippen LogP contribution is 2.19. The van der Waals surface area contributed by atoms with Crippen molar-refractivity contribution in [2.24, 2.45) is 5.10 Å². The molecule has 0 aliphatic rings. The highest BCUT2D eigenvalue weighted by Gasteiger charge is 2.14. The van der Waals surface area contributed by atoms with Crippen LogP contribution in [-0.4, -0.2) is 18.0 Å². The average molecular weight is 444 g/mol. The number of hydrogen-bond donors (Lipinski definition) is 2. The lowest BCUT2D eigenvalue weighted by Gasteiger charge is -2.08. The van der Waals surface area contributed by atoms with Crippen LogP contribution in [0.1, 0.15) is 20.8 Å². The standard InChI is InChI=1S/C21H15Cl2N3O2S/c22-16-9-8-15(18(23)11-16)13-24-26-21(28)19(12-17-7-4-10-29-17)25-20(27)14-5-2-1-3-6-14/h1-13H,(H,25,27)(H,26,28)/b19-12-,24-13-. The van der Waals surface area contributed by atoms with Crippen molar-refractivity contribution in [2.75, 3.05) is 0 Å². The van der Waals surface area contributed by atoms with Gasteiger partial charge in [0, 0.05) is 21.0 Å². The van der Waals surface area contributed by atoms with Crippen molar-refractivity contribution in [1.82, 2.24) is 10.7 Å². The maximum Gasteiger partial charge on any atom is 0.287 e. The van der Waals surface area contributed by atoms with Crippen LogP contribution in [-0.2, 0) is 4.79 Å². The van der Waals surface area contributed by atoms with Gasteiger partial charge < -0.3 is 5.32 Å². The predicted octanol–water partition coefficient (Wildman–Crippen LogP) is 4.98. The van der Waals surface area contributed by atoms with E-state index in [-0.39, 0.29) is 5.70 Å². The zero-order valence-corrected chi connectivity index (χ0v) is 17.3. The first-order chi connectivity index (χ1) is 14.0. The molecule has 0 fully saturated rings. The van der Waals surface area contributed by atoms with E-state index < -0.39 is 11.8 Å². The zero-order chi connectivity index (χ0) is 20.6. The maximum atomic E-state index is 12.6. The Balaban J connectivity index is 1.76. The summed E-state index contributed by atoms with van der Waals surface area (Å²) >= 11 is 13.4. The summed E-state index contributed by atoms with van der Waals surface area (Å²) in [5.74, 6) is -0.961. The fraction of sp³-hybridized carbons (Fsp3) is 0. The summed E-state index contributed by atoms with van der Waals surface area (Å²) in [7, 11) is 0. The van der Waals surface area contributed by atoms with Crippen molar-refractivity contribution in [3.05, 3.63) is 97.8 Å². The monoisotopic (exact) mass is 443 g/mol. The Morgan fingerprint density at radius 1 is 1.00 bits per heavy atom. The normalized spacial score (nSPS) is 11.4.